The van der Waals surface area contributed by atoms with Crippen LogP contribution in [0.3, 0.4) is 0 Å². The van der Waals surface area contributed by atoms with Gasteiger partial charge in [0.25, 0.3) is 5.91 Å². The van der Waals surface area contributed by atoms with Crippen molar-refractivity contribution in [2.75, 3.05) is 30.0 Å². The van der Waals surface area contributed by atoms with Gasteiger partial charge in [-0.1, -0.05) is 0 Å². The fourth-order valence-electron chi connectivity index (χ4n) is 4.15. The minimum Gasteiger partial charge on any atom is -0.444 e. The van der Waals surface area contributed by atoms with Gasteiger partial charge < -0.3 is 20.1 Å². The average molecular weight is 487 g/mol. The summed E-state index contributed by atoms with van der Waals surface area (Å²) in [4.78, 5) is 38.5. The summed E-state index contributed by atoms with van der Waals surface area (Å²) in [5.74, 6) is -0.000608. The zero-order valence-electron chi connectivity index (χ0n) is 20.2. The maximum absolute atomic E-state index is 14.6. The first-order valence-corrected chi connectivity index (χ1v) is 11.8. The van der Waals surface area contributed by atoms with Crippen LogP contribution in [0.1, 0.15) is 46.5 Å². The van der Waals surface area contributed by atoms with E-state index in [1.807, 2.05) is 20.8 Å². The van der Waals surface area contributed by atoms with E-state index >= 15 is 0 Å². The van der Waals surface area contributed by atoms with Crippen molar-refractivity contribution in [3.63, 3.8) is 0 Å². The zero-order valence-corrected chi connectivity index (χ0v) is 20.2. The lowest BCUT2D eigenvalue weighted by Gasteiger charge is -2.30. The topological polar surface area (TPSA) is 119 Å². The Bertz CT molecular complexity index is 1070. The fourth-order valence-corrected chi connectivity index (χ4v) is 4.15. The van der Waals surface area contributed by atoms with Crippen LogP contribution in [0.4, 0.5) is 21.0 Å². The van der Waals surface area contributed by atoms with Crippen molar-refractivity contribution in [1.82, 2.24) is 20.3 Å². The summed E-state index contributed by atoms with van der Waals surface area (Å²) in [7, 11) is 0. The zero-order chi connectivity index (χ0) is 25.0. The molecule has 2 fully saturated rings. The highest BCUT2D eigenvalue weighted by Crippen LogP contribution is 2.27. The molecular weight excluding hydrogens is 455 g/mol. The van der Waals surface area contributed by atoms with E-state index in [0.717, 1.165) is 31.9 Å². The van der Waals surface area contributed by atoms with Gasteiger partial charge in [0.05, 0.1) is 19.3 Å². The molecule has 35 heavy (non-hydrogen) atoms. The number of anilines is 2. The number of alkyl carbamates (subject to hydrolysis) is 1. The van der Waals surface area contributed by atoms with E-state index in [9.17, 15) is 14.0 Å². The van der Waals surface area contributed by atoms with Gasteiger partial charge in [0.2, 0.25) is 5.95 Å². The summed E-state index contributed by atoms with van der Waals surface area (Å²) in [5.41, 5.74) is 0.1000. The van der Waals surface area contributed by atoms with Crippen molar-refractivity contribution in [1.29, 1.82) is 0 Å². The first kappa shape index (κ1) is 24.8. The Labute approximate surface area is 203 Å². The van der Waals surface area contributed by atoms with Crippen molar-refractivity contribution in [3.05, 3.63) is 30.3 Å². The SMILES string of the molecule is CC(C)(C)OC(=O)NC1CCC(Nc2ncc(F)c(-c3ccnc(N4CCOCC4=O)c3)n2)CC1. The summed E-state index contributed by atoms with van der Waals surface area (Å²) >= 11 is 0. The Kier molecular flexibility index (Phi) is 7.44. The molecule has 11 heteroatoms. The molecular formula is C24H31FN6O4. The van der Waals surface area contributed by atoms with Gasteiger partial charge in [-0.2, -0.15) is 0 Å². The fraction of sp³-hybridized carbons (Fsp3) is 0.542. The number of amides is 2. The number of nitrogens with one attached hydrogen (secondary N) is 2. The summed E-state index contributed by atoms with van der Waals surface area (Å²) in [6.45, 7) is 6.30. The van der Waals surface area contributed by atoms with E-state index < -0.39 is 17.5 Å². The molecule has 1 aliphatic heterocycles. The third-order valence-electron chi connectivity index (χ3n) is 5.81. The number of carbonyl (C=O) groups is 2. The van der Waals surface area contributed by atoms with Crippen molar-refractivity contribution < 1.29 is 23.5 Å². The molecule has 0 radical (unpaired) electrons. The Hall–Kier alpha value is -3.34. The maximum atomic E-state index is 14.6. The van der Waals surface area contributed by atoms with E-state index in [1.54, 1.807) is 12.1 Å². The lowest BCUT2D eigenvalue weighted by Crippen LogP contribution is -2.42. The quantitative estimate of drug-likeness (QED) is 0.661. The van der Waals surface area contributed by atoms with E-state index in [0.29, 0.717) is 30.5 Å². The number of nitrogens with zero attached hydrogens (tertiary/aromatic N) is 4. The Morgan fingerprint density at radius 1 is 1.20 bits per heavy atom. The van der Waals surface area contributed by atoms with Crippen LogP contribution in [0.25, 0.3) is 11.3 Å². The lowest BCUT2D eigenvalue weighted by molar-refractivity contribution is -0.125. The van der Waals surface area contributed by atoms with E-state index in [2.05, 4.69) is 25.6 Å². The molecule has 188 valence electrons. The monoisotopic (exact) mass is 486 g/mol. The average Bonchev–Trinajstić information content (AvgIpc) is 2.81. The number of hydrogen-bond acceptors (Lipinski definition) is 8. The maximum Gasteiger partial charge on any atom is 0.407 e. The number of hydrogen-bond donors (Lipinski definition) is 2. The van der Waals surface area contributed by atoms with Crippen LogP contribution in [-0.4, -0.2) is 64.4 Å². The number of ether oxygens (including phenoxy) is 2. The largest absolute Gasteiger partial charge is 0.444 e. The second kappa shape index (κ2) is 10.5. The number of carbonyl (C=O) groups excluding carboxylic acids is 2. The highest BCUT2D eigenvalue weighted by Gasteiger charge is 2.26. The Balaban J connectivity index is 1.39. The second-order valence-electron chi connectivity index (χ2n) is 9.73. The molecule has 4 rings (SSSR count). The smallest absolute Gasteiger partial charge is 0.407 e. The molecule has 2 amide bonds. The molecule has 0 atom stereocenters. The van der Waals surface area contributed by atoms with Gasteiger partial charge >= 0.3 is 6.09 Å². The lowest BCUT2D eigenvalue weighted by atomic mass is 9.91. The van der Waals surface area contributed by atoms with Crippen molar-refractivity contribution >= 4 is 23.8 Å². The molecule has 2 aromatic rings. The van der Waals surface area contributed by atoms with E-state index in [-0.39, 0.29) is 30.3 Å². The first-order chi connectivity index (χ1) is 16.7. The minimum atomic E-state index is -0.564. The van der Waals surface area contributed by atoms with Gasteiger partial charge in [0.15, 0.2) is 5.82 Å². The number of morpholine rings is 1. The Morgan fingerprint density at radius 3 is 2.66 bits per heavy atom. The van der Waals surface area contributed by atoms with Crippen molar-refractivity contribution in [3.8, 4) is 11.3 Å². The van der Waals surface area contributed by atoms with Gasteiger partial charge in [-0.05, 0) is 58.6 Å². The molecule has 2 aromatic heterocycles. The predicted molar refractivity (Wildman–Crippen MR) is 127 cm³/mol. The van der Waals surface area contributed by atoms with Gasteiger partial charge in [0, 0.05) is 23.8 Å². The van der Waals surface area contributed by atoms with E-state index in [1.165, 1.54) is 11.1 Å². The summed E-state index contributed by atoms with van der Waals surface area (Å²) in [6.07, 6.45) is 5.43. The van der Waals surface area contributed by atoms with E-state index in [4.69, 9.17) is 9.47 Å². The highest BCUT2D eigenvalue weighted by molar-refractivity contribution is 5.94. The molecule has 2 N–H and O–H groups in total. The number of halogens is 1. The third-order valence-corrected chi connectivity index (χ3v) is 5.81. The standard InChI is InChI=1S/C24H31FN6O4/c1-24(2,3)35-23(33)29-17-6-4-16(5-7-17)28-22-27-13-18(25)21(30-22)15-8-9-26-19(12-15)31-10-11-34-14-20(31)32/h8-9,12-13,16-17H,4-7,10-11,14H2,1-3H3,(H,29,33)(H,27,28,30). The van der Waals surface area contributed by atoms with Crippen LogP contribution in [-0.2, 0) is 14.3 Å². The molecule has 1 saturated carbocycles. The van der Waals surface area contributed by atoms with Gasteiger partial charge in [0.1, 0.15) is 23.7 Å². The molecule has 1 aliphatic carbocycles. The first-order valence-electron chi connectivity index (χ1n) is 11.8. The van der Waals surface area contributed by atoms with Crippen LogP contribution < -0.4 is 15.5 Å². The molecule has 0 bridgehead atoms. The summed E-state index contributed by atoms with van der Waals surface area (Å²) in [5, 5.41) is 6.21. The third kappa shape index (κ3) is 6.62. The number of rotatable bonds is 5. The normalized spacial score (nSPS) is 20.9. The molecule has 0 aromatic carbocycles. The molecule has 3 heterocycles. The van der Waals surface area contributed by atoms with Crippen molar-refractivity contribution in [2.24, 2.45) is 0 Å². The second-order valence-corrected chi connectivity index (χ2v) is 9.73. The van der Waals surface area contributed by atoms with Crippen LogP contribution >= 0.6 is 0 Å². The molecule has 0 unspecified atom stereocenters. The van der Waals surface area contributed by atoms with Crippen LogP contribution in [0, 0.1) is 5.82 Å². The molecule has 0 spiro atoms. The minimum absolute atomic E-state index is 0.00260. The Morgan fingerprint density at radius 2 is 1.94 bits per heavy atom. The number of pyridine rings is 1. The summed E-state index contributed by atoms with van der Waals surface area (Å²) in [6, 6.07) is 3.44. The van der Waals surface area contributed by atoms with Crippen LogP contribution in [0.15, 0.2) is 24.5 Å². The molecule has 2 aliphatic rings. The van der Waals surface area contributed by atoms with Crippen molar-refractivity contribution in [2.45, 2.75) is 64.1 Å². The van der Waals surface area contributed by atoms with Gasteiger partial charge in [-0.15, -0.1) is 0 Å². The predicted octanol–water partition coefficient (Wildman–Crippen LogP) is 3.29. The molecule has 10 nitrogen and oxygen atoms in total. The van der Waals surface area contributed by atoms with Crippen LogP contribution in [0.5, 0.6) is 0 Å². The summed E-state index contributed by atoms with van der Waals surface area (Å²) < 4.78 is 25.1. The van der Waals surface area contributed by atoms with Crippen LogP contribution in [0.2, 0.25) is 0 Å². The van der Waals surface area contributed by atoms with Gasteiger partial charge in [-0.3, -0.25) is 9.69 Å². The number of aromatic nitrogens is 3. The van der Waals surface area contributed by atoms with Gasteiger partial charge in [-0.25, -0.2) is 24.1 Å². The highest BCUT2D eigenvalue weighted by atomic mass is 19.1. The molecule has 1 saturated heterocycles.